The first kappa shape index (κ1) is 16.1. The Morgan fingerprint density at radius 3 is 2.29 bits per heavy atom. The van der Waals surface area contributed by atoms with Crippen molar-refractivity contribution in [2.45, 2.75) is 31.0 Å². The average Bonchev–Trinajstić information content (AvgIpc) is 2.63. The van der Waals surface area contributed by atoms with Gasteiger partial charge in [0.05, 0.1) is 5.69 Å². The van der Waals surface area contributed by atoms with Gasteiger partial charge in [0.25, 0.3) is 6.04 Å². The molecule has 6 heteroatoms. The smallest absolute Gasteiger partial charge is 0.260 e. The van der Waals surface area contributed by atoms with Gasteiger partial charge in [-0.1, -0.05) is 48.5 Å². The molecule has 0 bridgehead atoms. The maximum absolute atomic E-state index is 11.8. The Labute approximate surface area is 139 Å². The molecule has 0 saturated carbocycles. The van der Waals surface area contributed by atoms with Crippen LogP contribution in [0.1, 0.15) is 24.4 Å². The highest BCUT2D eigenvalue weighted by Gasteiger charge is 2.42. The molecular weight excluding hydrogens is 308 g/mol. The highest BCUT2D eigenvalue weighted by molar-refractivity contribution is 5.57. The Morgan fingerprint density at radius 1 is 1.08 bits per heavy atom. The quantitative estimate of drug-likeness (QED) is 0.479. The van der Waals surface area contributed by atoms with Crippen LogP contribution in [0.5, 0.6) is 0 Å². The minimum absolute atomic E-state index is 0.277. The lowest BCUT2D eigenvalue weighted by atomic mass is 9.93. The predicted molar refractivity (Wildman–Crippen MR) is 89.1 cm³/mol. The summed E-state index contributed by atoms with van der Waals surface area (Å²) >= 11 is 0. The van der Waals surface area contributed by atoms with Crippen molar-refractivity contribution in [2.24, 2.45) is 0 Å². The molecule has 1 aliphatic heterocycles. The summed E-state index contributed by atoms with van der Waals surface area (Å²) in [7, 11) is 0. The maximum atomic E-state index is 11.8. The second-order valence-electron chi connectivity index (χ2n) is 5.73. The summed E-state index contributed by atoms with van der Waals surface area (Å²) in [5, 5.41) is 13.3. The number of hydrogen-bond donors (Lipinski definition) is 0. The third-order valence-corrected chi connectivity index (χ3v) is 4.19. The van der Waals surface area contributed by atoms with Crippen LogP contribution in [0.15, 0.2) is 60.7 Å². The van der Waals surface area contributed by atoms with Crippen molar-refractivity contribution < 1.29 is 14.6 Å². The minimum Gasteiger partial charge on any atom is -0.300 e. The molecule has 0 spiro atoms. The van der Waals surface area contributed by atoms with E-state index in [0.29, 0.717) is 24.1 Å². The molecule has 0 aromatic heterocycles. The number of benzene rings is 2. The summed E-state index contributed by atoms with van der Waals surface area (Å²) in [4.78, 5) is 28.4. The van der Waals surface area contributed by atoms with Crippen LogP contribution in [0.25, 0.3) is 0 Å². The fourth-order valence-corrected chi connectivity index (χ4v) is 3.07. The molecule has 1 unspecified atom stereocenters. The van der Waals surface area contributed by atoms with E-state index < -0.39 is 18.2 Å². The molecule has 1 fully saturated rings. The van der Waals surface area contributed by atoms with Crippen molar-refractivity contribution in [1.82, 2.24) is 0 Å². The second kappa shape index (κ2) is 7.23. The zero-order chi connectivity index (χ0) is 16.9. The van der Waals surface area contributed by atoms with Gasteiger partial charge in [-0.25, -0.2) is 5.06 Å². The number of para-hydroxylation sites is 1. The number of carbonyl (C=O) groups excluding carboxylic acids is 1. The molecule has 0 aliphatic carbocycles. The van der Waals surface area contributed by atoms with Crippen molar-refractivity contribution in [1.29, 1.82) is 0 Å². The van der Waals surface area contributed by atoms with Gasteiger partial charge in [-0.3, -0.25) is 15.0 Å². The Bertz CT molecular complexity index is 693. The molecule has 0 radical (unpaired) electrons. The second-order valence-corrected chi connectivity index (χ2v) is 5.73. The van der Waals surface area contributed by atoms with Gasteiger partial charge in [-0.05, 0) is 25.0 Å². The molecule has 24 heavy (non-hydrogen) atoms. The first-order valence-corrected chi connectivity index (χ1v) is 7.85. The number of aldehydes is 1. The third kappa shape index (κ3) is 3.28. The summed E-state index contributed by atoms with van der Waals surface area (Å²) < 4.78 is 0. The molecule has 6 nitrogen and oxygen atoms in total. The van der Waals surface area contributed by atoms with Crippen molar-refractivity contribution >= 4 is 12.0 Å². The number of carbonyl (C=O) groups is 1. The SMILES string of the molecule is O=C[C@H]1CC[C@H](C(c2ccccc2)[N+](=O)[O-])N(c2ccccc2)O1. The molecule has 1 aliphatic rings. The number of nitro groups is 1. The van der Waals surface area contributed by atoms with Crippen LogP contribution >= 0.6 is 0 Å². The van der Waals surface area contributed by atoms with Crippen LogP contribution in [0.2, 0.25) is 0 Å². The van der Waals surface area contributed by atoms with E-state index in [0.717, 1.165) is 6.29 Å². The third-order valence-electron chi connectivity index (χ3n) is 4.19. The Morgan fingerprint density at radius 2 is 1.71 bits per heavy atom. The van der Waals surface area contributed by atoms with Crippen LogP contribution in [-0.2, 0) is 9.63 Å². The van der Waals surface area contributed by atoms with Gasteiger partial charge < -0.3 is 4.79 Å². The molecule has 124 valence electrons. The van der Waals surface area contributed by atoms with E-state index in [1.54, 1.807) is 24.3 Å². The van der Waals surface area contributed by atoms with Gasteiger partial charge in [0, 0.05) is 10.5 Å². The van der Waals surface area contributed by atoms with E-state index in [1.165, 1.54) is 5.06 Å². The standard InChI is InChI=1S/C18H18N2O4/c21-13-16-11-12-17(19(24-16)15-9-5-2-6-10-15)18(20(22)23)14-7-3-1-4-8-14/h1-10,13,16-18H,11-12H2/t16-,17-,18?/m1/s1. The number of nitrogens with zero attached hydrogens (tertiary/aromatic N) is 2. The first-order chi connectivity index (χ1) is 11.7. The van der Waals surface area contributed by atoms with Gasteiger partial charge in [0.15, 0.2) is 6.29 Å². The zero-order valence-electron chi connectivity index (χ0n) is 13.0. The lowest BCUT2D eigenvalue weighted by Crippen LogP contribution is -2.49. The monoisotopic (exact) mass is 326 g/mol. The Kier molecular flexibility index (Phi) is 4.86. The van der Waals surface area contributed by atoms with Crippen molar-refractivity contribution in [3.63, 3.8) is 0 Å². The average molecular weight is 326 g/mol. The Balaban J connectivity index is 1.98. The maximum Gasteiger partial charge on any atom is 0.260 e. The minimum atomic E-state index is -0.931. The number of hydroxylamine groups is 1. The van der Waals surface area contributed by atoms with Gasteiger partial charge in [0.1, 0.15) is 12.1 Å². The molecule has 0 N–H and O–H groups in total. The molecule has 1 heterocycles. The van der Waals surface area contributed by atoms with E-state index in [2.05, 4.69) is 0 Å². The predicted octanol–water partition coefficient (Wildman–Crippen LogP) is 3.17. The fraction of sp³-hybridized carbons (Fsp3) is 0.278. The molecule has 1 saturated heterocycles. The molecule has 3 atom stereocenters. The summed E-state index contributed by atoms with van der Waals surface area (Å²) in [5.74, 6) is 0. The Hall–Kier alpha value is -2.73. The van der Waals surface area contributed by atoms with Crippen LogP contribution < -0.4 is 5.06 Å². The number of anilines is 1. The van der Waals surface area contributed by atoms with Crippen molar-refractivity contribution in [2.75, 3.05) is 5.06 Å². The fourth-order valence-electron chi connectivity index (χ4n) is 3.07. The zero-order valence-corrected chi connectivity index (χ0v) is 13.0. The van der Waals surface area contributed by atoms with Crippen LogP contribution in [0.4, 0.5) is 5.69 Å². The van der Waals surface area contributed by atoms with E-state index >= 15 is 0 Å². The number of hydrogen-bond acceptors (Lipinski definition) is 5. The summed E-state index contributed by atoms with van der Waals surface area (Å²) in [6, 6.07) is 16.7. The molecule has 2 aromatic carbocycles. The molecular formula is C18H18N2O4. The van der Waals surface area contributed by atoms with Crippen LogP contribution in [0.3, 0.4) is 0 Å². The van der Waals surface area contributed by atoms with Crippen molar-refractivity contribution in [3.8, 4) is 0 Å². The van der Waals surface area contributed by atoms with Gasteiger partial charge in [0.2, 0.25) is 0 Å². The van der Waals surface area contributed by atoms with Crippen molar-refractivity contribution in [3.05, 3.63) is 76.3 Å². The largest absolute Gasteiger partial charge is 0.300 e. The lowest BCUT2D eigenvalue weighted by molar-refractivity contribution is -0.534. The van der Waals surface area contributed by atoms with E-state index in [9.17, 15) is 14.9 Å². The lowest BCUT2D eigenvalue weighted by Gasteiger charge is -2.39. The molecule has 0 amide bonds. The number of rotatable bonds is 5. The highest BCUT2D eigenvalue weighted by atomic mass is 16.7. The van der Waals surface area contributed by atoms with E-state index in [-0.39, 0.29) is 4.92 Å². The van der Waals surface area contributed by atoms with Gasteiger partial charge in [-0.15, -0.1) is 0 Å². The normalized spacial score (nSPS) is 21.9. The van der Waals surface area contributed by atoms with E-state index in [1.807, 2.05) is 36.4 Å². The first-order valence-electron chi connectivity index (χ1n) is 7.85. The topological polar surface area (TPSA) is 72.7 Å². The van der Waals surface area contributed by atoms with Gasteiger partial charge >= 0.3 is 0 Å². The molecule has 2 aromatic rings. The van der Waals surface area contributed by atoms with Crippen LogP contribution in [0, 0.1) is 10.1 Å². The summed E-state index contributed by atoms with van der Waals surface area (Å²) in [6.07, 6.45) is 1.13. The highest BCUT2D eigenvalue weighted by Crippen LogP contribution is 2.35. The van der Waals surface area contributed by atoms with Gasteiger partial charge in [-0.2, -0.15) is 0 Å². The summed E-state index contributed by atoms with van der Waals surface area (Å²) in [6.45, 7) is 0. The summed E-state index contributed by atoms with van der Waals surface area (Å²) in [5.41, 5.74) is 1.33. The van der Waals surface area contributed by atoms with Crippen LogP contribution in [-0.4, -0.2) is 23.4 Å². The molecule has 3 rings (SSSR count). The van der Waals surface area contributed by atoms with E-state index in [4.69, 9.17) is 4.84 Å².